The van der Waals surface area contributed by atoms with Crippen LogP contribution in [0.15, 0.2) is 109 Å². The maximum atomic E-state index is 13.5. The van der Waals surface area contributed by atoms with Crippen molar-refractivity contribution in [1.29, 1.82) is 0 Å². The zero-order valence-electron chi connectivity index (χ0n) is 20.6. The Morgan fingerprint density at radius 2 is 1.46 bits per heavy atom. The van der Waals surface area contributed by atoms with Gasteiger partial charge in [-0.3, -0.25) is 14.9 Å². The fourth-order valence-electron chi connectivity index (χ4n) is 4.78. The van der Waals surface area contributed by atoms with E-state index in [1.807, 2.05) is 78.9 Å². The standard InChI is InChI=1S/C32H21ClN2O4/c33-23-11-6-12-24(17-23)35-31(37)28(30(36)34-32(35)38)18-27-26-14-4-2-8-21(26)15-16-29(27)39-19-22-10-5-9-20-7-1-3-13-25(20)22/h1-18H,19H2,(H,34,36,38)/b28-18+. The largest absolute Gasteiger partial charge is 0.488 e. The molecule has 6 nitrogen and oxygen atoms in total. The molecular weight excluding hydrogens is 512 g/mol. The maximum Gasteiger partial charge on any atom is 0.335 e. The lowest BCUT2D eigenvalue weighted by molar-refractivity contribution is -0.122. The number of hydrogen-bond acceptors (Lipinski definition) is 4. The molecule has 0 atom stereocenters. The lowest BCUT2D eigenvalue weighted by Gasteiger charge is -2.26. The molecule has 4 amide bonds. The summed E-state index contributed by atoms with van der Waals surface area (Å²) in [5.41, 5.74) is 1.63. The van der Waals surface area contributed by atoms with E-state index in [2.05, 4.69) is 5.32 Å². The number of anilines is 1. The van der Waals surface area contributed by atoms with Gasteiger partial charge in [0.2, 0.25) is 0 Å². The zero-order chi connectivity index (χ0) is 26.9. The minimum absolute atomic E-state index is 0.194. The molecule has 1 fully saturated rings. The summed E-state index contributed by atoms with van der Waals surface area (Å²) in [5.74, 6) is -1.03. The highest BCUT2D eigenvalue weighted by molar-refractivity contribution is 6.39. The van der Waals surface area contributed by atoms with Crippen molar-refractivity contribution in [2.45, 2.75) is 6.61 Å². The number of amides is 4. The van der Waals surface area contributed by atoms with E-state index >= 15 is 0 Å². The van der Waals surface area contributed by atoms with Gasteiger partial charge in [0.15, 0.2) is 0 Å². The Hall–Kier alpha value is -4.94. The number of barbiturate groups is 1. The van der Waals surface area contributed by atoms with E-state index in [1.165, 1.54) is 12.1 Å². The lowest BCUT2D eigenvalue weighted by atomic mass is 9.99. The summed E-state index contributed by atoms with van der Waals surface area (Å²) >= 11 is 6.09. The van der Waals surface area contributed by atoms with Crippen molar-refractivity contribution in [3.63, 3.8) is 0 Å². The molecule has 0 spiro atoms. The summed E-state index contributed by atoms with van der Waals surface area (Å²) in [6.45, 7) is 0.281. The predicted octanol–water partition coefficient (Wildman–Crippen LogP) is 6.89. The first-order chi connectivity index (χ1) is 19.0. The maximum absolute atomic E-state index is 13.5. The number of carbonyl (C=O) groups excluding carboxylic acids is 3. The molecule has 0 unspecified atom stereocenters. The highest BCUT2D eigenvalue weighted by Gasteiger charge is 2.37. The van der Waals surface area contributed by atoms with Gasteiger partial charge < -0.3 is 4.74 Å². The average molecular weight is 533 g/mol. The average Bonchev–Trinajstić information content (AvgIpc) is 2.94. The van der Waals surface area contributed by atoms with Gasteiger partial charge in [0.05, 0.1) is 5.69 Å². The molecule has 1 aliphatic heterocycles. The number of halogens is 1. The van der Waals surface area contributed by atoms with E-state index in [1.54, 1.807) is 18.2 Å². The first-order valence-electron chi connectivity index (χ1n) is 12.3. The molecule has 1 heterocycles. The number of urea groups is 1. The predicted molar refractivity (Wildman–Crippen MR) is 153 cm³/mol. The number of rotatable bonds is 5. The van der Waals surface area contributed by atoms with E-state index in [-0.39, 0.29) is 17.9 Å². The smallest absolute Gasteiger partial charge is 0.335 e. The van der Waals surface area contributed by atoms with E-state index in [4.69, 9.17) is 16.3 Å². The van der Waals surface area contributed by atoms with Crippen molar-refractivity contribution in [1.82, 2.24) is 5.32 Å². The van der Waals surface area contributed by atoms with Crippen LogP contribution in [0.25, 0.3) is 27.6 Å². The van der Waals surface area contributed by atoms with Crippen LogP contribution in [0.4, 0.5) is 10.5 Å². The van der Waals surface area contributed by atoms with Crippen LogP contribution in [-0.2, 0) is 16.2 Å². The number of hydrogen-bond donors (Lipinski definition) is 1. The van der Waals surface area contributed by atoms with Gasteiger partial charge in [-0.2, -0.15) is 0 Å². The van der Waals surface area contributed by atoms with Crippen LogP contribution in [0, 0.1) is 0 Å². The lowest BCUT2D eigenvalue weighted by Crippen LogP contribution is -2.54. The summed E-state index contributed by atoms with van der Waals surface area (Å²) in [6, 6.07) is 31.0. The quantitative estimate of drug-likeness (QED) is 0.197. The number of benzene rings is 5. The molecule has 1 N–H and O–H groups in total. The number of carbonyl (C=O) groups is 3. The minimum Gasteiger partial charge on any atom is -0.488 e. The number of nitrogens with one attached hydrogen (secondary N) is 1. The van der Waals surface area contributed by atoms with Crippen LogP contribution < -0.4 is 15.0 Å². The number of ether oxygens (including phenoxy) is 1. The first-order valence-corrected chi connectivity index (χ1v) is 12.7. The van der Waals surface area contributed by atoms with Gasteiger partial charge in [-0.1, -0.05) is 90.5 Å². The minimum atomic E-state index is -0.838. The molecule has 0 bridgehead atoms. The van der Waals surface area contributed by atoms with Gasteiger partial charge >= 0.3 is 6.03 Å². The van der Waals surface area contributed by atoms with Crippen LogP contribution in [0.2, 0.25) is 5.02 Å². The van der Waals surface area contributed by atoms with E-state index in [0.717, 1.165) is 32.0 Å². The Kier molecular flexibility index (Phi) is 6.31. The van der Waals surface area contributed by atoms with Crippen LogP contribution in [-0.4, -0.2) is 17.8 Å². The Balaban J connectivity index is 1.43. The normalized spacial score (nSPS) is 14.7. The third kappa shape index (κ3) is 4.62. The van der Waals surface area contributed by atoms with Crippen LogP contribution in [0.5, 0.6) is 5.75 Å². The van der Waals surface area contributed by atoms with E-state index in [9.17, 15) is 14.4 Å². The Bertz CT molecular complexity index is 1820. The monoisotopic (exact) mass is 532 g/mol. The van der Waals surface area contributed by atoms with Gasteiger partial charge in [-0.05, 0) is 57.4 Å². The van der Waals surface area contributed by atoms with Crippen molar-refractivity contribution in [2.24, 2.45) is 0 Å². The van der Waals surface area contributed by atoms with Crippen LogP contribution in [0.3, 0.4) is 0 Å². The van der Waals surface area contributed by atoms with Gasteiger partial charge in [0, 0.05) is 10.6 Å². The summed E-state index contributed by atoms with van der Waals surface area (Å²) in [4.78, 5) is 40.0. The summed E-state index contributed by atoms with van der Waals surface area (Å²) in [6.07, 6.45) is 1.49. The third-order valence-corrected chi connectivity index (χ3v) is 6.89. The molecule has 39 heavy (non-hydrogen) atoms. The molecular formula is C32H21ClN2O4. The molecule has 0 aliphatic carbocycles. The van der Waals surface area contributed by atoms with Crippen molar-refractivity contribution >= 4 is 62.8 Å². The molecule has 5 aromatic rings. The van der Waals surface area contributed by atoms with Gasteiger partial charge in [-0.15, -0.1) is 0 Å². The van der Waals surface area contributed by atoms with Crippen molar-refractivity contribution in [3.05, 3.63) is 125 Å². The SMILES string of the molecule is O=C1NC(=O)N(c2cccc(Cl)c2)C(=O)/C1=C/c1c(OCc2cccc3ccccc23)ccc2ccccc12. The second-order valence-corrected chi connectivity index (χ2v) is 9.50. The van der Waals surface area contributed by atoms with E-state index in [0.29, 0.717) is 16.3 Å². The van der Waals surface area contributed by atoms with Crippen molar-refractivity contribution in [3.8, 4) is 5.75 Å². The molecule has 0 radical (unpaired) electrons. The molecule has 1 saturated heterocycles. The summed E-state index contributed by atoms with van der Waals surface area (Å²) in [7, 11) is 0. The number of fused-ring (bicyclic) bond motifs is 2. The Morgan fingerprint density at radius 1 is 0.769 bits per heavy atom. The van der Waals surface area contributed by atoms with Crippen molar-refractivity contribution in [2.75, 3.05) is 4.90 Å². The third-order valence-electron chi connectivity index (χ3n) is 6.65. The summed E-state index contributed by atoms with van der Waals surface area (Å²) < 4.78 is 6.31. The second kappa shape index (κ2) is 10.1. The number of imide groups is 2. The molecule has 0 aromatic heterocycles. The van der Waals surface area contributed by atoms with Gasteiger partial charge in [-0.25, -0.2) is 9.69 Å². The van der Waals surface area contributed by atoms with Crippen molar-refractivity contribution < 1.29 is 19.1 Å². The zero-order valence-corrected chi connectivity index (χ0v) is 21.3. The van der Waals surface area contributed by atoms with Gasteiger partial charge in [0.1, 0.15) is 17.9 Å². The second-order valence-electron chi connectivity index (χ2n) is 9.06. The van der Waals surface area contributed by atoms with Crippen LogP contribution in [0.1, 0.15) is 11.1 Å². The molecule has 7 heteroatoms. The Labute approximate surface area is 229 Å². The Morgan fingerprint density at radius 3 is 2.26 bits per heavy atom. The molecule has 1 aliphatic rings. The van der Waals surface area contributed by atoms with Gasteiger partial charge in [0.25, 0.3) is 11.8 Å². The summed E-state index contributed by atoms with van der Waals surface area (Å²) in [5, 5.41) is 6.52. The fraction of sp³-hybridized carbons (Fsp3) is 0.0312. The number of nitrogens with zero attached hydrogens (tertiary/aromatic N) is 1. The molecule has 6 rings (SSSR count). The van der Waals surface area contributed by atoms with E-state index < -0.39 is 17.8 Å². The van der Waals surface area contributed by atoms with Crippen LogP contribution >= 0.6 is 11.6 Å². The highest BCUT2D eigenvalue weighted by Crippen LogP contribution is 2.33. The fourth-order valence-corrected chi connectivity index (χ4v) is 4.96. The molecule has 190 valence electrons. The first kappa shape index (κ1) is 24.4. The topological polar surface area (TPSA) is 75.7 Å². The highest BCUT2D eigenvalue weighted by atomic mass is 35.5. The molecule has 5 aromatic carbocycles. The molecule has 0 saturated carbocycles.